The van der Waals surface area contributed by atoms with Gasteiger partial charge in [-0.15, -0.1) is 0 Å². The Balaban J connectivity index is 1.29. The van der Waals surface area contributed by atoms with Gasteiger partial charge in [-0.2, -0.15) is 4.98 Å². The maximum absolute atomic E-state index is 13.0. The summed E-state index contributed by atoms with van der Waals surface area (Å²) in [5.74, 6) is 1.20. The lowest BCUT2D eigenvalue weighted by atomic mass is 10.1. The fourth-order valence-corrected chi connectivity index (χ4v) is 4.16. The SMILES string of the molecule is CC(C)(C)OC(=O)N[C@@H](Cc1nc(-c2cccc([C@H]3COc4ccccc4O3)c2)no1)C(=O)OCc1ccccc1. The van der Waals surface area contributed by atoms with Crippen LogP contribution in [0.1, 0.15) is 43.9 Å². The van der Waals surface area contributed by atoms with E-state index >= 15 is 0 Å². The minimum Gasteiger partial charge on any atom is -0.485 e. The number of carbonyl (C=O) groups is 2. The monoisotopic (exact) mass is 557 g/mol. The molecule has 212 valence electrons. The first kappa shape index (κ1) is 27.7. The average Bonchev–Trinajstić information content (AvgIpc) is 3.43. The second-order valence-corrected chi connectivity index (χ2v) is 10.5. The number of amides is 1. The molecule has 5 rings (SSSR count). The summed E-state index contributed by atoms with van der Waals surface area (Å²) in [5.41, 5.74) is 1.65. The Labute approximate surface area is 237 Å². The summed E-state index contributed by atoms with van der Waals surface area (Å²) in [5, 5.41) is 6.67. The van der Waals surface area contributed by atoms with Crippen LogP contribution in [0.15, 0.2) is 83.4 Å². The lowest BCUT2D eigenvalue weighted by Gasteiger charge is -2.26. The third kappa shape index (κ3) is 7.42. The summed E-state index contributed by atoms with van der Waals surface area (Å²) >= 11 is 0. The summed E-state index contributed by atoms with van der Waals surface area (Å²) in [6, 6.07) is 23.2. The largest absolute Gasteiger partial charge is 0.485 e. The number of benzene rings is 3. The molecular formula is C31H31N3O7. The Morgan fingerprint density at radius 1 is 1.00 bits per heavy atom. The Hall–Kier alpha value is -4.86. The van der Waals surface area contributed by atoms with Gasteiger partial charge in [0.1, 0.15) is 24.9 Å². The van der Waals surface area contributed by atoms with Crippen molar-refractivity contribution in [3.05, 3.63) is 95.9 Å². The fourth-order valence-electron chi connectivity index (χ4n) is 4.16. The van der Waals surface area contributed by atoms with Crippen LogP contribution in [-0.4, -0.2) is 40.5 Å². The van der Waals surface area contributed by atoms with Gasteiger partial charge in [0.25, 0.3) is 0 Å². The number of carbonyl (C=O) groups excluding carboxylic acids is 2. The lowest BCUT2D eigenvalue weighted by Crippen LogP contribution is -2.45. The Morgan fingerprint density at radius 3 is 2.54 bits per heavy atom. The van der Waals surface area contributed by atoms with Crippen molar-refractivity contribution in [1.29, 1.82) is 0 Å². The van der Waals surface area contributed by atoms with Crippen LogP contribution in [0.5, 0.6) is 11.5 Å². The Morgan fingerprint density at radius 2 is 1.76 bits per heavy atom. The minimum absolute atomic E-state index is 0.0471. The maximum Gasteiger partial charge on any atom is 0.408 e. The molecule has 1 N–H and O–H groups in total. The molecule has 0 saturated carbocycles. The molecule has 3 aromatic carbocycles. The van der Waals surface area contributed by atoms with Crippen LogP contribution in [-0.2, 0) is 27.3 Å². The molecule has 0 bridgehead atoms. The molecule has 0 unspecified atom stereocenters. The van der Waals surface area contributed by atoms with Gasteiger partial charge in [0.2, 0.25) is 11.7 Å². The van der Waals surface area contributed by atoms with Crippen LogP contribution in [0.4, 0.5) is 4.79 Å². The second kappa shape index (κ2) is 12.1. The van der Waals surface area contributed by atoms with Gasteiger partial charge >= 0.3 is 12.1 Å². The van der Waals surface area contributed by atoms with Gasteiger partial charge in [0.05, 0.1) is 6.42 Å². The van der Waals surface area contributed by atoms with Crippen LogP contribution < -0.4 is 14.8 Å². The van der Waals surface area contributed by atoms with E-state index < -0.39 is 23.7 Å². The van der Waals surface area contributed by atoms with E-state index in [4.69, 9.17) is 23.5 Å². The van der Waals surface area contributed by atoms with Crippen LogP contribution in [0.25, 0.3) is 11.4 Å². The molecule has 4 aromatic rings. The molecule has 2 atom stereocenters. The van der Waals surface area contributed by atoms with E-state index in [2.05, 4.69) is 15.5 Å². The third-order valence-electron chi connectivity index (χ3n) is 6.07. The molecule has 1 aliphatic heterocycles. The number of fused-ring (bicyclic) bond motifs is 1. The number of para-hydroxylation sites is 2. The first-order chi connectivity index (χ1) is 19.7. The normalized spacial score (nSPS) is 15.0. The second-order valence-electron chi connectivity index (χ2n) is 10.5. The van der Waals surface area contributed by atoms with Gasteiger partial charge in [-0.05, 0) is 50.1 Å². The molecule has 2 heterocycles. The predicted molar refractivity (Wildman–Crippen MR) is 148 cm³/mol. The number of rotatable bonds is 8. The van der Waals surface area contributed by atoms with Gasteiger partial charge in [-0.25, -0.2) is 9.59 Å². The first-order valence-electron chi connectivity index (χ1n) is 13.2. The van der Waals surface area contributed by atoms with Crippen molar-refractivity contribution < 1.29 is 33.1 Å². The molecule has 0 aliphatic carbocycles. The predicted octanol–water partition coefficient (Wildman–Crippen LogP) is 5.43. The molecule has 1 aliphatic rings. The minimum atomic E-state index is -1.11. The topological polar surface area (TPSA) is 122 Å². The molecule has 0 radical (unpaired) electrons. The van der Waals surface area contributed by atoms with E-state index in [0.717, 1.165) is 11.1 Å². The van der Waals surface area contributed by atoms with Crippen LogP contribution in [0.3, 0.4) is 0 Å². The molecule has 0 saturated heterocycles. The van der Waals surface area contributed by atoms with Crippen molar-refractivity contribution in [2.24, 2.45) is 0 Å². The standard InChI is InChI=1S/C31H31N3O7/c1-31(2,3)40-30(36)32-23(29(35)38-18-20-10-5-4-6-11-20)17-27-33-28(34-41-27)22-13-9-12-21(16-22)26-19-37-24-14-7-8-15-25(24)39-26/h4-16,23,26H,17-19H2,1-3H3,(H,32,36)/t23-,26+/m0/s1. The maximum atomic E-state index is 13.0. The van der Waals surface area contributed by atoms with Crippen molar-refractivity contribution in [1.82, 2.24) is 15.5 Å². The van der Waals surface area contributed by atoms with Gasteiger partial charge in [-0.3, -0.25) is 0 Å². The molecule has 10 heteroatoms. The van der Waals surface area contributed by atoms with Crippen molar-refractivity contribution in [3.63, 3.8) is 0 Å². The summed E-state index contributed by atoms with van der Waals surface area (Å²) in [6.07, 6.45) is -1.16. The highest BCUT2D eigenvalue weighted by Gasteiger charge is 2.29. The Bertz CT molecular complexity index is 1500. The molecule has 1 aromatic heterocycles. The number of nitrogens with one attached hydrogen (secondary N) is 1. The van der Waals surface area contributed by atoms with Crippen molar-refractivity contribution >= 4 is 12.1 Å². The summed E-state index contributed by atoms with van der Waals surface area (Å²) in [7, 11) is 0. The number of esters is 1. The van der Waals surface area contributed by atoms with Gasteiger partial charge in [0, 0.05) is 5.56 Å². The van der Waals surface area contributed by atoms with E-state index in [1.165, 1.54) is 0 Å². The number of hydrogen-bond acceptors (Lipinski definition) is 9. The van der Waals surface area contributed by atoms with Crippen LogP contribution in [0.2, 0.25) is 0 Å². The van der Waals surface area contributed by atoms with Crippen LogP contribution in [0, 0.1) is 0 Å². The van der Waals surface area contributed by atoms with Gasteiger partial charge < -0.3 is 28.8 Å². The van der Waals surface area contributed by atoms with Crippen molar-refractivity contribution in [2.75, 3.05) is 6.61 Å². The van der Waals surface area contributed by atoms with Crippen LogP contribution >= 0.6 is 0 Å². The zero-order chi connectivity index (χ0) is 28.8. The van der Waals surface area contributed by atoms with Crippen molar-refractivity contribution in [3.8, 4) is 22.9 Å². The number of hydrogen-bond donors (Lipinski definition) is 1. The van der Waals surface area contributed by atoms with E-state index in [1.54, 1.807) is 20.8 Å². The van der Waals surface area contributed by atoms with E-state index in [1.807, 2.05) is 78.9 Å². The number of ether oxygens (including phenoxy) is 4. The van der Waals surface area contributed by atoms with Gasteiger partial charge in [0.15, 0.2) is 17.6 Å². The first-order valence-corrected chi connectivity index (χ1v) is 13.2. The Kier molecular flexibility index (Phi) is 8.19. The molecule has 1 amide bonds. The zero-order valence-corrected chi connectivity index (χ0v) is 23.0. The van der Waals surface area contributed by atoms with Crippen molar-refractivity contribution in [2.45, 2.75) is 51.5 Å². The zero-order valence-electron chi connectivity index (χ0n) is 23.0. The molecule has 41 heavy (non-hydrogen) atoms. The van der Waals surface area contributed by atoms with E-state index in [0.29, 0.717) is 29.5 Å². The summed E-state index contributed by atoms with van der Waals surface area (Å²) in [6.45, 7) is 5.61. The average molecular weight is 558 g/mol. The summed E-state index contributed by atoms with van der Waals surface area (Å²) in [4.78, 5) is 30.0. The molecule has 0 fully saturated rings. The van der Waals surface area contributed by atoms with E-state index in [-0.39, 0.29) is 25.0 Å². The third-order valence-corrected chi connectivity index (χ3v) is 6.07. The number of alkyl carbamates (subject to hydrolysis) is 1. The quantitative estimate of drug-likeness (QED) is 0.283. The summed E-state index contributed by atoms with van der Waals surface area (Å²) < 4.78 is 28.2. The highest BCUT2D eigenvalue weighted by Crippen LogP contribution is 2.36. The molecule has 0 spiro atoms. The van der Waals surface area contributed by atoms with Gasteiger partial charge in [-0.1, -0.05) is 65.8 Å². The number of aromatic nitrogens is 2. The lowest BCUT2D eigenvalue weighted by molar-refractivity contribution is -0.147. The highest BCUT2D eigenvalue weighted by molar-refractivity contribution is 5.81. The highest BCUT2D eigenvalue weighted by atomic mass is 16.6. The smallest absolute Gasteiger partial charge is 0.408 e. The van der Waals surface area contributed by atoms with E-state index in [9.17, 15) is 9.59 Å². The fraction of sp³-hybridized carbons (Fsp3) is 0.290. The number of nitrogens with zero attached hydrogens (tertiary/aromatic N) is 2. The molecule has 10 nitrogen and oxygen atoms in total. The molecular weight excluding hydrogens is 526 g/mol.